The number of fused-ring (bicyclic) bond motifs is 4. The maximum absolute atomic E-state index is 13.1. The maximum Gasteiger partial charge on any atom is 0.302 e. The minimum absolute atomic E-state index is 0.200. The van der Waals surface area contributed by atoms with E-state index < -0.39 is 5.41 Å². The molecule has 2 N–H and O–H groups in total. The first-order valence-electron chi connectivity index (χ1n) is 16.6. The largest absolute Gasteiger partial charge is 0.465 e. The van der Waals surface area contributed by atoms with Gasteiger partial charge in [0.1, 0.15) is 6.61 Å². The summed E-state index contributed by atoms with van der Waals surface area (Å²) < 4.78 is 5.77. The average molecular weight is 566 g/mol. The Bertz CT molecular complexity index is 1070. The topological polar surface area (TPSA) is 86.5 Å². The second-order valence-electron chi connectivity index (χ2n) is 14.3. The highest BCUT2D eigenvalue weighted by atomic mass is 16.5. The van der Waals surface area contributed by atoms with Gasteiger partial charge in [0.25, 0.3) is 0 Å². The number of allylic oxidation sites excluding steroid dienone is 4. The molecule has 4 aliphatic carbocycles. The van der Waals surface area contributed by atoms with Crippen LogP contribution in [-0.4, -0.2) is 24.3 Å². The molecule has 5 heteroatoms. The highest BCUT2D eigenvalue weighted by Crippen LogP contribution is 2.64. The van der Waals surface area contributed by atoms with Gasteiger partial charge in [-0.3, -0.25) is 14.4 Å². The number of carbonyl (C=O) groups excluding carboxylic acids is 3. The van der Waals surface area contributed by atoms with Crippen molar-refractivity contribution in [2.45, 2.75) is 130 Å². The van der Waals surface area contributed by atoms with Crippen LogP contribution in [0.3, 0.4) is 0 Å². The normalized spacial score (nSPS) is 31.2. The summed E-state index contributed by atoms with van der Waals surface area (Å²) in [5.74, 6) is 1.73. The zero-order valence-electron chi connectivity index (χ0n) is 26.3. The van der Waals surface area contributed by atoms with Gasteiger partial charge < -0.3 is 10.5 Å². The number of carbonyl (C=O) groups is 3. The SMILES string of the molecule is CC(=O)OCC1(C(C)C)CC(=O)C=C2CC[C@@H]3C(=C21)[C@@H](CCCCCCCCC/C=C/C(N)=O)C[C@]1(C)CCC[C@@H]31. The number of unbranched alkanes of at least 4 members (excludes halogenated alkanes) is 7. The van der Waals surface area contributed by atoms with Crippen LogP contribution in [0.5, 0.6) is 0 Å². The van der Waals surface area contributed by atoms with Crippen molar-refractivity contribution in [3.63, 3.8) is 0 Å². The zero-order chi connectivity index (χ0) is 29.6. The van der Waals surface area contributed by atoms with Crippen molar-refractivity contribution in [3.8, 4) is 0 Å². The number of ketones is 1. The Labute approximate surface area is 248 Å². The number of ether oxygens (including phenoxy) is 1. The number of esters is 1. The monoisotopic (exact) mass is 565 g/mol. The van der Waals surface area contributed by atoms with Crippen molar-refractivity contribution in [1.82, 2.24) is 0 Å². The lowest BCUT2D eigenvalue weighted by atomic mass is 9.50. The summed E-state index contributed by atoms with van der Waals surface area (Å²) in [6.45, 7) is 8.83. The number of primary amides is 1. The predicted molar refractivity (Wildman–Crippen MR) is 165 cm³/mol. The molecule has 0 aromatic carbocycles. The summed E-state index contributed by atoms with van der Waals surface area (Å²) in [5, 5.41) is 0. The third-order valence-corrected chi connectivity index (χ3v) is 11.2. The summed E-state index contributed by atoms with van der Waals surface area (Å²) in [5.41, 5.74) is 9.54. The average Bonchev–Trinajstić information content (AvgIpc) is 3.30. The lowest BCUT2D eigenvalue weighted by Gasteiger charge is -2.54. The van der Waals surface area contributed by atoms with Gasteiger partial charge in [0.15, 0.2) is 5.78 Å². The molecule has 41 heavy (non-hydrogen) atoms. The first-order chi connectivity index (χ1) is 19.6. The van der Waals surface area contributed by atoms with E-state index in [2.05, 4.69) is 20.8 Å². The van der Waals surface area contributed by atoms with Crippen molar-refractivity contribution >= 4 is 17.7 Å². The lowest BCUT2D eigenvalue weighted by molar-refractivity contribution is -0.146. The molecule has 2 saturated carbocycles. The fourth-order valence-corrected chi connectivity index (χ4v) is 9.16. The highest BCUT2D eigenvalue weighted by Gasteiger charge is 2.55. The van der Waals surface area contributed by atoms with E-state index in [-0.39, 0.29) is 23.6 Å². The third-order valence-electron chi connectivity index (χ3n) is 11.2. The molecule has 5 nitrogen and oxygen atoms in total. The third kappa shape index (κ3) is 7.25. The van der Waals surface area contributed by atoms with Gasteiger partial charge in [-0.15, -0.1) is 0 Å². The molecule has 2 fully saturated rings. The van der Waals surface area contributed by atoms with E-state index in [1.807, 2.05) is 12.2 Å². The zero-order valence-corrected chi connectivity index (χ0v) is 26.3. The summed E-state index contributed by atoms with van der Waals surface area (Å²) in [6.07, 6.45) is 24.1. The van der Waals surface area contributed by atoms with E-state index in [4.69, 9.17) is 10.5 Å². The summed E-state index contributed by atoms with van der Waals surface area (Å²) in [4.78, 5) is 35.9. The van der Waals surface area contributed by atoms with Crippen LogP contribution in [0.15, 0.2) is 34.9 Å². The molecular weight excluding hydrogens is 510 g/mol. The predicted octanol–water partition coefficient (Wildman–Crippen LogP) is 8.18. The molecule has 4 aliphatic rings. The Hall–Kier alpha value is -2.17. The lowest BCUT2D eigenvalue weighted by Crippen LogP contribution is -2.47. The number of amides is 1. The van der Waals surface area contributed by atoms with Crippen LogP contribution in [0.2, 0.25) is 0 Å². The molecule has 0 aliphatic heterocycles. The quantitative estimate of drug-likeness (QED) is 0.131. The summed E-state index contributed by atoms with van der Waals surface area (Å²) >= 11 is 0. The molecule has 228 valence electrons. The van der Waals surface area contributed by atoms with Gasteiger partial charge in [-0.1, -0.05) is 77.4 Å². The van der Waals surface area contributed by atoms with Crippen molar-refractivity contribution in [2.75, 3.05) is 6.61 Å². The molecule has 0 radical (unpaired) electrons. The van der Waals surface area contributed by atoms with E-state index in [1.54, 1.807) is 5.57 Å². The standard InChI is InChI=1S/C36H55NO4/c1-25(2)36(24-41-26(3)38)23-29(39)21-27-18-19-30-31-16-14-20-35(31,4)22-28(33(30)34(27)36)15-12-10-8-6-5-7-9-11-13-17-32(37)40/h13,17,21,25,28,30-31H,5-12,14-16,18-20,22-24H2,1-4H3,(H2,37,40)/b17-13+/t28-,30-,31-,35-,36?/m0/s1. The van der Waals surface area contributed by atoms with Crippen LogP contribution in [-0.2, 0) is 19.1 Å². The molecule has 0 saturated heterocycles. The molecular formula is C36H55NO4. The highest BCUT2D eigenvalue weighted by molar-refractivity contribution is 5.94. The molecule has 4 rings (SSSR count). The smallest absolute Gasteiger partial charge is 0.302 e. The first-order valence-corrected chi connectivity index (χ1v) is 16.6. The van der Waals surface area contributed by atoms with Crippen LogP contribution in [0.4, 0.5) is 0 Å². The minimum atomic E-state index is -0.405. The van der Waals surface area contributed by atoms with Gasteiger partial charge in [-0.05, 0) is 104 Å². The van der Waals surface area contributed by atoms with Crippen LogP contribution < -0.4 is 5.73 Å². The van der Waals surface area contributed by atoms with Gasteiger partial charge in [0.05, 0.1) is 0 Å². The van der Waals surface area contributed by atoms with Gasteiger partial charge in [-0.25, -0.2) is 0 Å². The van der Waals surface area contributed by atoms with Gasteiger partial charge in [0, 0.05) is 18.8 Å². The fraction of sp³-hybridized carbons (Fsp3) is 0.750. The van der Waals surface area contributed by atoms with E-state index in [0.717, 1.165) is 25.2 Å². The Balaban J connectivity index is 1.50. The molecule has 0 aromatic rings. The van der Waals surface area contributed by atoms with Crippen LogP contribution in [0, 0.1) is 34.5 Å². The molecule has 1 amide bonds. The fourth-order valence-electron chi connectivity index (χ4n) is 9.16. The summed E-state index contributed by atoms with van der Waals surface area (Å²) in [7, 11) is 0. The second kappa shape index (κ2) is 13.9. The first kappa shape index (κ1) is 31.8. The maximum atomic E-state index is 13.1. The molecule has 0 bridgehead atoms. The number of hydrogen-bond acceptors (Lipinski definition) is 4. The molecule has 0 heterocycles. The second-order valence-corrected chi connectivity index (χ2v) is 14.3. The van der Waals surface area contributed by atoms with E-state index in [9.17, 15) is 14.4 Å². The summed E-state index contributed by atoms with van der Waals surface area (Å²) in [6, 6.07) is 0. The number of rotatable bonds is 14. The molecule has 0 spiro atoms. The van der Waals surface area contributed by atoms with Gasteiger partial charge >= 0.3 is 5.97 Å². The van der Waals surface area contributed by atoms with Gasteiger partial charge in [0.2, 0.25) is 5.91 Å². The molecule has 1 unspecified atom stereocenters. The Kier molecular flexibility index (Phi) is 10.7. The van der Waals surface area contributed by atoms with Crippen molar-refractivity contribution in [3.05, 3.63) is 34.9 Å². The van der Waals surface area contributed by atoms with Gasteiger partial charge in [-0.2, -0.15) is 0 Å². The van der Waals surface area contributed by atoms with E-state index in [0.29, 0.717) is 30.3 Å². The van der Waals surface area contributed by atoms with Crippen molar-refractivity contribution in [2.24, 2.45) is 40.2 Å². The van der Waals surface area contributed by atoms with Crippen LogP contribution in [0.25, 0.3) is 0 Å². The molecule has 0 aromatic heterocycles. The van der Waals surface area contributed by atoms with Crippen molar-refractivity contribution in [1.29, 1.82) is 0 Å². The van der Waals surface area contributed by atoms with Crippen LogP contribution in [0.1, 0.15) is 130 Å². The van der Waals surface area contributed by atoms with E-state index >= 15 is 0 Å². The Morgan fingerprint density at radius 1 is 1.10 bits per heavy atom. The minimum Gasteiger partial charge on any atom is -0.465 e. The number of hydrogen-bond donors (Lipinski definition) is 1. The number of nitrogens with two attached hydrogens (primary N) is 1. The van der Waals surface area contributed by atoms with Crippen molar-refractivity contribution < 1.29 is 19.1 Å². The van der Waals surface area contributed by atoms with Crippen LogP contribution >= 0.6 is 0 Å². The molecule has 5 atom stereocenters. The Morgan fingerprint density at radius 2 is 1.80 bits per heavy atom. The van der Waals surface area contributed by atoms with E-state index in [1.165, 1.54) is 101 Å². The Morgan fingerprint density at radius 3 is 2.49 bits per heavy atom.